The number of anilines is 1. The third-order valence-corrected chi connectivity index (χ3v) is 5.56. The van der Waals surface area contributed by atoms with Crippen LogP contribution in [0.4, 0.5) is 10.2 Å². The predicted molar refractivity (Wildman–Crippen MR) is 97.7 cm³/mol. The number of rotatable bonds is 4. The molecule has 5 unspecified atom stereocenters. The third-order valence-electron chi connectivity index (χ3n) is 5.56. The normalized spacial score (nSPS) is 33.9. The van der Waals surface area contributed by atoms with Gasteiger partial charge in [-0.25, -0.2) is 19.8 Å². The number of fused-ring (bicyclic) bond motifs is 1. The summed E-state index contributed by atoms with van der Waals surface area (Å²) in [5, 5.41) is 2.82. The molecule has 0 aromatic carbocycles. The number of carbonyl (C=O) groups excluding carboxylic acids is 1. The molecule has 2 saturated heterocycles. The summed E-state index contributed by atoms with van der Waals surface area (Å²) in [4.78, 5) is 22.4. The Hall–Kier alpha value is -1.84. The fourth-order valence-corrected chi connectivity index (χ4v) is 4.31. The molecule has 1 aromatic heterocycles. The number of nitrogens with one attached hydrogen (secondary N) is 3. The smallest absolute Gasteiger partial charge is 0.239 e. The van der Waals surface area contributed by atoms with Crippen molar-refractivity contribution in [3.05, 3.63) is 18.1 Å². The van der Waals surface area contributed by atoms with Crippen molar-refractivity contribution in [2.45, 2.75) is 57.2 Å². The molecule has 2 aliphatic heterocycles. The number of hydrogen-bond donors (Lipinski definition) is 3. The zero-order chi connectivity index (χ0) is 19.0. The number of halogens is 1. The van der Waals surface area contributed by atoms with Crippen LogP contribution in [0.2, 0.25) is 0 Å². The van der Waals surface area contributed by atoms with Crippen molar-refractivity contribution in [3.63, 3.8) is 0 Å². The maximum atomic E-state index is 14.5. The lowest BCUT2D eigenvalue weighted by Gasteiger charge is -2.36. The Balaban J connectivity index is 1.51. The van der Waals surface area contributed by atoms with E-state index in [4.69, 9.17) is 4.74 Å². The van der Waals surface area contributed by atoms with Crippen molar-refractivity contribution in [1.82, 2.24) is 26.1 Å². The maximum Gasteiger partial charge on any atom is 0.239 e. The van der Waals surface area contributed by atoms with Gasteiger partial charge in [0.25, 0.3) is 0 Å². The van der Waals surface area contributed by atoms with Gasteiger partial charge in [0.05, 0.1) is 30.5 Å². The van der Waals surface area contributed by atoms with Crippen LogP contribution < -0.4 is 21.1 Å². The molecule has 3 heterocycles. The molecule has 4 rings (SSSR count). The van der Waals surface area contributed by atoms with Gasteiger partial charge in [-0.1, -0.05) is 0 Å². The first kappa shape index (κ1) is 18.5. The number of hydrogen-bond acceptors (Lipinski definition) is 7. The van der Waals surface area contributed by atoms with Crippen LogP contribution in [-0.2, 0) is 9.53 Å². The molecule has 1 amide bonds. The third kappa shape index (κ3) is 3.90. The van der Waals surface area contributed by atoms with Crippen LogP contribution in [0, 0.1) is 5.92 Å². The molecule has 1 saturated carbocycles. The maximum absolute atomic E-state index is 14.5. The van der Waals surface area contributed by atoms with E-state index in [-0.39, 0.29) is 36.1 Å². The summed E-state index contributed by atoms with van der Waals surface area (Å²) in [5.41, 5.74) is 7.38. The standard InChI is InChI=1S/C18H27FN6O2/c1-10(2)27-15-5-11-13(6-12(15)19)23-24-18(11)14-7-16(22-9-21-14)25-4-3-20-17(26)8-25/h7,9-13,15,18,23-24H,3-6,8H2,1-2H3,(H,20,26). The summed E-state index contributed by atoms with van der Waals surface area (Å²) in [7, 11) is 0. The van der Waals surface area contributed by atoms with Crippen LogP contribution in [0.5, 0.6) is 0 Å². The van der Waals surface area contributed by atoms with Gasteiger partial charge in [-0.15, -0.1) is 0 Å². The average molecular weight is 378 g/mol. The minimum absolute atomic E-state index is 0.00136. The lowest BCUT2D eigenvalue weighted by atomic mass is 9.78. The van der Waals surface area contributed by atoms with E-state index in [1.54, 1.807) is 0 Å². The number of aromatic nitrogens is 2. The molecule has 5 atom stereocenters. The highest BCUT2D eigenvalue weighted by Gasteiger charge is 2.46. The first-order chi connectivity index (χ1) is 13.0. The van der Waals surface area contributed by atoms with Gasteiger partial charge in [0.2, 0.25) is 5.91 Å². The van der Waals surface area contributed by atoms with E-state index >= 15 is 0 Å². The van der Waals surface area contributed by atoms with Crippen LogP contribution in [0.15, 0.2) is 12.4 Å². The van der Waals surface area contributed by atoms with Gasteiger partial charge in [0, 0.05) is 31.1 Å². The van der Waals surface area contributed by atoms with E-state index < -0.39 is 6.17 Å². The van der Waals surface area contributed by atoms with Crippen molar-refractivity contribution in [3.8, 4) is 0 Å². The largest absolute Gasteiger partial charge is 0.373 e. The van der Waals surface area contributed by atoms with Crippen molar-refractivity contribution < 1.29 is 13.9 Å². The van der Waals surface area contributed by atoms with E-state index in [1.807, 2.05) is 24.8 Å². The van der Waals surface area contributed by atoms with E-state index in [1.165, 1.54) is 6.33 Å². The topological polar surface area (TPSA) is 91.4 Å². The van der Waals surface area contributed by atoms with Crippen LogP contribution in [0.3, 0.4) is 0 Å². The van der Waals surface area contributed by atoms with Crippen molar-refractivity contribution in [2.75, 3.05) is 24.5 Å². The number of ether oxygens (including phenoxy) is 1. The van der Waals surface area contributed by atoms with E-state index in [2.05, 4.69) is 26.1 Å². The Kier molecular flexibility index (Phi) is 5.25. The van der Waals surface area contributed by atoms with E-state index in [0.717, 1.165) is 18.1 Å². The first-order valence-electron chi connectivity index (χ1n) is 9.65. The summed E-state index contributed by atoms with van der Waals surface area (Å²) in [5.74, 6) is 0.930. The van der Waals surface area contributed by atoms with Gasteiger partial charge in [-0.2, -0.15) is 0 Å². The van der Waals surface area contributed by atoms with Gasteiger partial charge in [-0.05, 0) is 26.7 Å². The Morgan fingerprint density at radius 1 is 1.30 bits per heavy atom. The van der Waals surface area contributed by atoms with Crippen molar-refractivity contribution in [1.29, 1.82) is 0 Å². The summed E-state index contributed by atoms with van der Waals surface area (Å²) in [6.07, 6.45) is 1.25. The molecule has 0 spiro atoms. The summed E-state index contributed by atoms with van der Waals surface area (Å²) >= 11 is 0. The highest BCUT2D eigenvalue weighted by Crippen LogP contribution is 2.40. The van der Waals surface area contributed by atoms with Gasteiger partial charge in [0.1, 0.15) is 18.3 Å². The first-order valence-corrected chi connectivity index (χ1v) is 9.65. The molecule has 148 valence electrons. The number of piperazine rings is 1. The highest BCUT2D eigenvalue weighted by atomic mass is 19.1. The van der Waals surface area contributed by atoms with Crippen LogP contribution >= 0.6 is 0 Å². The molecule has 8 nitrogen and oxygen atoms in total. The van der Waals surface area contributed by atoms with Gasteiger partial charge < -0.3 is 15.0 Å². The Bertz CT molecular complexity index is 690. The van der Waals surface area contributed by atoms with Gasteiger partial charge in [-0.3, -0.25) is 10.2 Å². The zero-order valence-corrected chi connectivity index (χ0v) is 15.7. The molecular formula is C18H27FN6O2. The number of nitrogens with zero attached hydrogens (tertiary/aromatic N) is 3. The molecule has 27 heavy (non-hydrogen) atoms. The van der Waals surface area contributed by atoms with Gasteiger partial charge >= 0.3 is 0 Å². The van der Waals surface area contributed by atoms with Crippen LogP contribution in [0.1, 0.15) is 38.4 Å². The van der Waals surface area contributed by atoms with Gasteiger partial charge in [0.15, 0.2) is 0 Å². The quantitative estimate of drug-likeness (QED) is 0.702. The Labute approximate surface area is 158 Å². The second-order valence-corrected chi connectivity index (χ2v) is 7.82. The highest BCUT2D eigenvalue weighted by molar-refractivity contribution is 5.82. The lowest BCUT2D eigenvalue weighted by molar-refractivity contribution is -0.120. The van der Waals surface area contributed by atoms with Crippen LogP contribution in [0.25, 0.3) is 0 Å². The SMILES string of the molecule is CC(C)OC1CC2C(CC1F)NNC2c1cc(N2CCNC(=O)C2)ncn1. The number of alkyl halides is 1. The predicted octanol–water partition coefficient (Wildman–Crippen LogP) is 0.472. The monoisotopic (exact) mass is 378 g/mol. The van der Waals surface area contributed by atoms with E-state index in [0.29, 0.717) is 25.9 Å². The minimum atomic E-state index is -0.963. The second-order valence-electron chi connectivity index (χ2n) is 7.82. The summed E-state index contributed by atoms with van der Waals surface area (Å²) in [6, 6.07) is 1.94. The molecule has 1 aliphatic carbocycles. The second kappa shape index (κ2) is 7.65. The number of hydrazine groups is 1. The molecular weight excluding hydrogens is 351 g/mol. The fourth-order valence-electron chi connectivity index (χ4n) is 4.31. The van der Waals surface area contributed by atoms with Crippen LogP contribution in [-0.4, -0.2) is 59.9 Å². The molecule has 0 bridgehead atoms. The molecule has 3 aliphatic rings. The van der Waals surface area contributed by atoms with E-state index in [9.17, 15) is 9.18 Å². The Morgan fingerprint density at radius 3 is 2.93 bits per heavy atom. The van der Waals surface area contributed by atoms with Crippen molar-refractivity contribution >= 4 is 11.7 Å². The molecule has 1 aromatic rings. The number of carbonyl (C=O) groups is 1. The summed E-state index contributed by atoms with van der Waals surface area (Å²) in [6.45, 7) is 5.50. The molecule has 3 fully saturated rings. The molecule has 3 N–H and O–H groups in total. The average Bonchev–Trinajstić information content (AvgIpc) is 3.04. The van der Waals surface area contributed by atoms with Crippen molar-refractivity contribution in [2.24, 2.45) is 5.92 Å². The fraction of sp³-hybridized carbons (Fsp3) is 0.722. The molecule has 0 radical (unpaired) electrons. The minimum Gasteiger partial charge on any atom is -0.373 e. The zero-order valence-electron chi connectivity index (χ0n) is 15.7. The Morgan fingerprint density at radius 2 is 2.15 bits per heavy atom. The number of amides is 1. The summed E-state index contributed by atoms with van der Waals surface area (Å²) < 4.78 is 20.3. The lowest BCUT2D eigenvalue weighted by Crippen LogP contribution is -2.48. The molecule has 9 heteroatoms.